The number of fused-ring (bicyclic) bond motifs is 1. The van der Waals surface area contributed by atoms with E-state index in [4.69, 9.17) is 0 Å². The SMILES string of the molecule is O=C(CNC(=O)c1ccccc1F)NC1CCCc2ccccc21. The van der Waals surface area contributed by atoms with Crippen LogP contribution in [0.3, 0.4) is 0 Å². The smallest absolute Gasteiger partial charge is 0.254 e. The maximum absolute atomic E-state index is 13.5. The fourth-order valence-corrected chi connectivity index (χ4v) is 3.05. The molecule has 0 saturated heterocycles. The van der Waals surface area contributed by atoms with Crippen LogP contribution in [-0.2, 0) is 11.2 Å². The molecule has 2 amide bonds. The summed E-state index contributed by atoms with van der Waals surface area (Å²) in [6, 6.07) is 13.7. The number of carbonyl (C=O) groups is 2. The molecule has 5 heteroatoms. The molecule has 0 saturated carbocycles. The number of aryl methyl sites for hydroxylation is 1. The molecule has 1 aliphatic rings. The largest absolute Gasteiger partial charge is 0.348 e. The van der Waals surface area contributed by atoms with Gasteiger partial charge in [0, 0.05) is 0 Å². The second kappa shape index (κ2) is 7.25. The Morgan fingerprint density at radius 3 is 2.67 bits per heavy atom. The van der Waals surface area contributed by atoms with Crippen molar-refractivity contribution in [2.24, 2.45) is 0 Å². The molecule has 2 N–H and O–H groups in total. The number of hydrogen-bond acceptors (Lipinski definition) is 2. The summed E-state index contributed by atoms with van der Waals surface area (Å²) < 4.78 is 13.5. The van der Waals surface area contributed by atoms with Gasteiger partial charge in [0.05, 0.1) is 18.2 Å². The number of halogens is 1. The zero-order chi connectivity index (χ0) is 16.9. The highest BCUT2D eigenvalue weighted by molar-refractivity contribution is 5.96. The Hall–Kier alpha value is -2.69. The Labute approximate surface area is 140 Å². The van der Waals surface area contributed by atoms with E-state index >= 15 is 0 Å². The number of nitrogens with one attached hydrogen (secondary N) is 2. The summed E-state index contributed by atoms with van der Waals surface area (Å²) in [5.74, 6) is -1.47. The van der Waals surface area contributed by atoms with Gasteiger partial charge in [-0.1, -0.05) is 36.4 Å². The van der Waals surface area contributed by atoms with Gasteiger partial charge in [0.2, 0.25) is 5.91 Å². The maximum atomic E-state index is 13.5. The van der Waals surface area contributed by atoms with Gasteiger partial charge in [-0.2, -0.15) is 0 Å². The van der Waals surface area contributed by atoms with Gasteiger partial charge in [0.1, 0.15) is 5.82 Å². The Balaban J connectivity index is 1.57. The lowest BCUT2D eigenvalue weighted by molar-refractivity contribution is -0.121. The van der Waals surface area contributed by atoms with Gasteiger partial charge in [-0.15, -0.1) is 0 Å². The van der Waals surface area contributed by atoms with E-state index in [0.717, 1.165) is 24.8 Å². The monoisotopic (exact) mass is 326 g/mol. The van der Waals surface area contributed by atoms with E-state index in [-0.39, 0.29) is 24.1 Å². The molecule has 0 radical (unpaired) electrons. The van der Waals surface area contributed by atoms with Crippen molar-refractivity contribution >= 4 is 11.8 Å². The first-order chi connectivity index (χ1) is 11.6. The molecule has 2 aromatic rings. The van der Waals surface area contributed by atoms with Crippen LogP contribution >= 0.6 is 0 Å². The van der Waals surface area contributed by atoms with Gasteiger partial charge >= 0.3 is 0 Å². The third kappa shape index (κ3) is 3.62. The van der Waals surface area contributed by atoms with Crippen LogP contribution in [0.5, 0.6) is 0 Å². The second-order valence-corrected chi connectivity index (χ2v) is 5.87. The summed E-state index contributed by atoms with van der Waals surface area (Å²) in [6.07, 6.45) is 2.92. The van der Waals surface area contributed by atoms with Crippen LogP contribution in [0.4, 0.5) is 4.39 Å². The zero-order valence-corrected chi connectivity index (χ0v) is 13.2. The fourth-order valence-electron chi connectivity index (χ4n) is 3.05. The molecular formula is C19H19FN2O2. The number of carbonyl (C=O) groups excluding carboxylic acids is 2. The van der Waals surface area contributed by atoms with Crippen LogP contribution in [0.15, 0.2) is 48.5 Å². The Bertz CT molecular complexity index is 761. The molecule has 0 aliphatic heterocycles. The van der Waals surface area contributed by atoms with Crippen LogP contribution in [0, 0.1) is 5.82 Å². The van der Waals surface area contributed by atoms with E-state index in [1.54, 1.807) is 6.07 Å². The third-order valence-electron chi connectivity index (χ3n) is 4.23. The maximum Gasteiger partial charge on any atom is 0.254 e. The quantitative estimate of drug-likeness (QED) is 0.908. The van der Waals surface area contributed by atoms with E-state index in [1.165, 1.54) is 23.8 Å². The molecule has 2 aromatic carbocycles. The summed E-state index contributed by atoms with van der Waals surface area (Å²) in [7, 11) is 0. The molecule has 0 heterocycles. The molecule has 124 valence electrons. The number of benzene rings is 2. The summed E-state index contributed by atoms with van der Waals surface area (Å²) in [6.45, 7) is -0.175. The third-order valence-corrected chi connectivity index (χ3v) is 4.23. The van der Waals surface area contributed by atoms with Gasteiger partial charge in [0.15, 0.2) is 0 Å². The van der Waals surface area contributed by atoms with Crippen molar-refractivity contribution in [2.45, 2.75) is 25.3 Å². The van der Waals surface area contributed by atoms with Crippen molar-refractivity contribution in [1.82, 2.24) is 10.6 Å². The van der Waals surface area contributed by atoms with E-state index in [9.17, 15) is 14.0 Å². The molecule has 1 atom stereocenters. The lowest BCUT2D eigenvalue weighted by atomic mass is 9.88. The zero-order valence-electron chi connectivity index (χ0n) is 13.2. The molecule has 0 bridgehead atoms. The number of rotatable bonds is 4. The molecule has 1 unspecified atom stereocenters. The number of amides is 2. The van der Waals surface area contributed by atoms with Crippen molar-refractivity contribution in [3.8, 4) is 0 Å². The van der Waals surface area contributed by atoms with Gasteiger partial charge in [-0.25, -0.2) is 4.39 Å². The highest BCUT2D eigenvalue weighted by Gasteiger charge is 2.21. The van der Waals surface area contributed by atoms with Crippen LogP contribution in [0.2, 0.25) is 0 Å². The molecule has 0 fully saturated rings. The summed E-state index contributed by atoms with van der Waals surface area (Å²) in [4.78, 5) is 24.1. The minimum absolute atomic E-state index is 0.0344. The molecule has 3 rings (SSSR count). The van der Waals surface area contributed by atoms with Gasteiger partial charge < -0.3 is 10.6 Å². The number of hydrogen-bond donors (Lipinski definition) is 2. The molecule has 4 nitrogen and oxygen atoms in total. The van der Waals surface area contributed by atoms with Gasteiger partial charge in [0.25, 0.3) is 5.91 Å². The summed E-state index contributed by atoms with van der Waals surface area (Å²) in [5.41, 5.74) is 2.33. The van der Waals surface area contributed by atoms with Crippen LogP contribution in [-0.4, -0.2) is 18.4 Å². The predicted molar refractivity (Wildman–Crippen MR) is 89.0 cm³/mol. The highest BCUT2D eigenvalue weighted by Crippen LogP contribution is 2.29. The minimum atomic E-state index is -0.600. The van der Waals surface area contributed by atoms with E-state index in [1.807, 2.05) is 18.2 Å². The average Bonchev–Trinajstić information content (AvgIpc) is 2.60. The molecular weight excluding hydrogens is 307 g/mol. The predicted octanol–water partition coefficient (Wildman–Crippen LogP) is 2.75. The lowest BCUT2D eigenvalue weighted by Gasteiger charge is -2.26. The topological polar surface area (TPSA) is 58.2 Å². The Kier molecular flexibility index (Phi) is 4.89. The molecule has 0 spiro atoms. The molecule has 0 aromatic heterocycles. The summed E-state index contributed by atoms with van der Waals surface area (Å²) >= 11 is 0. The van der Waals surface area contributed by atoms with Crippen molar-refractivity contribution in [2.75, 3.05) is 6.54 Å². The minimum Gasteiger partial charge on any atom is -0.348 e. The van der Waals surface area contributed by atoms with Gasteiger partial charge in [-0.05, 0) is 42.5 Å². The van der Waals surface area contributed by atoms with Crippen molar-refractivity contribution in [1.29, 1.82) is 0 Å². The average molecular weight is 326 g/mol. The van der Waals surface area contributed by atoms with E-state index in [2.05, 4.69) is 16.7 Å². The highest BCUT2D eigenvalue weighted by atomic mass is 19.1. The molecule has 1 aliphatic carbocycles. The van der Waals surface area contributed by atoms with Crippen LogP contribution < -0.4 is 10.6 Å². The fraction of sp³-hybridized carbons (Fsp3) is 0.263. The van der Waals surface area contributed by atoms with E-state index in [0.29, 0.717) is 0 Å². The normalized spacial score (nSPS) is 16.1. The summed E-state index contributed by atoms with van der Waals surface area (Å²) in [5, 5.41) is 5.41. The van der Waals surface area contributed by atoms with E-state index < -0.39 is 11.7 Å². The standard InChI is InChI=1S/C19H19FN2O2/c20-16-10-4-3-9-15(16)19(24)21-12-18(23)22-17-11-5-7-13-6-1-2-8-14(13)17/h1-4,6,8-10,17H,5,7,11-12H2,(H,21,24)(H,22,23). The first-order valence-corrected chi connectivity index (χ1v) is 8.05. The Morgan fingerprint density at radius 2 is 1.83 bits per heavy atom. The van der Waals surface area contributed by atoms with Crippen molar-refractivity contribution < 1.29 is 14.0 Å². The van der Waals surface area contributed by atoms with Crippen molar-refractivity contribution in [3.63, 3.8) is 0 Å². The lowest BCUT2D eigenvalue weighted by Crippen LogP contribution is -2.39. The first kappa shape index (κ1) is 16.2. The van der Waals surface area contributed by atoms with Crippen molar-refractivity contribution in [3.05, 3.63) is 71.0 Å². The Morgan fingerprint density at radius 1 is 1.08 bits per heavy atom. The first-order valence-electron chi connectivity index (χ1n) is 8.05. The van der Waals surface area contributed by atoms with Crippen LogP contribution in [0.1, 0.15) is 40.4 Å². The second-order valence-electron chi connectivity index (χ2n) is 5.87. The van der Waals surface area contributed by atoms with Crippen LogP contribution in [0.25, 0.3) is 0 Å². The molecule has 24 heavy (non-hydrogen) atoms. The van der Waals surface area contributed by atoms with Gasteiger partial charge in [-0.3, -0.25) is 9.59 Å².